The van der Waals surface area contributed by atoms with Gasteiger partial charge in [0.05, 0.1) is 22.5 Å². The minimum absolute atomic E-state index is 0.0197. The number of nitrogens with zero attached hydrogens (tertiary/aromatic N) is 1. The Morgan fingerprint density at radius 3 is 2.44 bits per heavy atom. The van der Waals surface area contributed by atoms with Crippen LogP contribution in [0.15, 0.2) is 60.9 Å². The van der Waals surface area contributed by atoms with Crippen molar-refractivity contribution < 1.29 is 9.18 Å². The zero-order valence-electron chi connectivity index (χ0n) is 13.4. The van der Waals surface area contributed by atoms with Crippen LogP contribution in [0.5, 0.6) is 0 Å². The van der Waals surface area contributed by atoms with Gasteiger partial charge in [0, 0.05) is 17.6 Å². The van der Waals surface area contributed by atoms with Crippen LogP contribution in [0.2, 0.25) is 5.02 Å². The molecule has 0 saturated carbocycles. The molecule has 2 aromatic carbocycles. The fourth-order valence-electron chi connectivity index (χ4n) is 2.21. The maximum Gasteiger partial charge on any atom is 0.257 e. The van der Waals surface area contributed by atoms with E-state index in [4.69, 9.17) is 11.6 Å². The van der Waals surface area contributed by atoms with Gasteiger partial charge in [-0.3, -0.25) is 9.78 Å². The van der Waals surface area contributed by atoms with Gasteiger partial charge in [0.25, 0.3) is 5.91 Å². The summed E-state index contributed by atoms with van der Waals surface area (Å²) in [5, 5.41) is 5.88. The number of carbonyl (C=O) groups is 1. The summed E-state index contributed by atoms with van der Waals surface area (Å²) in [5.74, 6) is -0.756. The van der Waals surface area contributed by atoms with Crippen molar-refractivity contribution in [1.29, 1.82) is 0 Å². The van der Waals surface area contributed by atoms with Gasteiger partial charge in [-0.1, -0.05) is 29.3 Å². The van der Waals surface area contributed by atoms with Crippen LogP contribution in [0.1, 0.15) is 15.9 Å². The lowest BCUT2D eigenvalue weighted by atomic mass is 10.2. The number of carbonyl (C=O) groups excluding carboxylic acids is 1. The van der Waals surface area contributed by atoms with E-state index < -0.39 is 5.82 Å². The third-order valence-electron chi connectivity index (χ3n) is 3.52. The van der Waals surface area contributed by atoms with Crippen LogP contribution >= 0.6 is 11.6 Å². The molecule has 0 saturated heterocycles. The van der Waals surface area contributed by atoms with Gasteiger partial charge < -0.3 is 10.6 Å². The average molecular weight is 356 g/mol. The van der Waals surface area contributed by atoms with E-state index in [9.17, 15) is 9.18 Å². The second kappa shape index (κ2) is 7.32. The largest absolute Gasteiger partial charge is 0.354 e. The van der Waals surface area contributed by atoms with Gasteiger partial charge >= 0.3 is 0 Å². The highest BCUT2D eigenvalue weighted by Gasteiger charge is 2.08. The number of pyridine rings is 1. The monoisotopic (exact) mass is 355 g/mol. The summed E-state index contributed by atoms with van der Waals surface area (Å²) in [4.78, 5) is 16.4. The Hall–Kier alpha value is -2.92. The minimum Gasteiger partial charge on any atom is -0.354 e. The van der Waals surface area contributed by atoms with Gasteiger partial charge in [-0.05, 0) is 43.3 Å². The first-order valence-corrected chi connectivity index (χ1v) is 7.94. The van der Waals surface area contributed by atoms with Crippen molar-refractivity contribution in [2.75, 3.05) is 10.6 Å². The van der Waals surface area contributed by atoms with E-state index in [-0.39, 0.29) is 10.9 Å². The third kappa shape index (κ3) is 4.33. The van der Waals surface area contributed by atoms with Crippen LogP contribution in [0, 0.1) is 12.7 Å². The highest BCUT2D eigenvalue weighted by atomic mass is 35.5. The molecule has 0 aliphatic heterocycles. The third-order valence-corrected chi connectivity index (χ3v) is 3.81. The molecule has 3 rings (SSSR count). The fraction of sp³-hybridized carbons (Fsp3) is 0.0526. The molecule has 0 aliphatic rings. The van der Waals surface area contributed by atoms with Gasteiger partial charge in [-0.15, -0.1) is 0 Å². The van der Waals surface area contributed by atoms with Crippen LogP contribution in [-0.2, 0) is 0 Å². The second-order valence-corrected chi connectivity index (χ2v) is 5.94. The number of aryl methyl sites for hydroxylation is 1. The highest BCUT2D eigenvalue weighted by Crippen LogP contribution is 2.23. The molecule has 0 aliphatic carbocycles. The molecule has 4 nitrogen and oxygen atoms in total. The first kappa shape index (κ1) is 16.9. The number of amides is 1. The Labute approximate surface area is 149 Å². The fourth-order valence-corrected chi connectivity index (χ4v) is 2.39. The molecule has 0 radical (unpaired) electrons. The van der Waals surface area contributed by atoms with Crippen molar-refractivity contribution in [3.63, 3.8) is 0 Å². The Bertz CT molecular complexity index is 913. The Morgan fingerprint density at radius 1 is 1.00 bits per heavy atom. The summed E-state index contributed by atoms with van der Waals surface area (Å²) in [5.41, 5.74) is 3.42. The maximum atomic E-state index is 13.2. The zero-order valence-corrected chi connectivity index (χ0v) is 14.1. The van der Waals surface area contributed by atoms with Crippen molar-refractivity contribution in [3.05, 3.63) is 82.9 Å². The number of hydrogen-bond donors (Lipinski definition) is 2. The van der Waals surface area contributed by atoms with E-state index in [0.29, 0.717) is 22.6 Å². The molecular formula is C19H15ClFN3O. The van der Waals surface area contributed by atoms with Crippen LogP contribution in [0.3, 0.4) is 0 Å². The molecule has 0 fully saturated rings. The Morgan fingerprint density at radius 2 is 1.72 bits per heavy atom. The van der Waals surface area contributed by atoms with Crippen molar-refractivity contribution in [2.24, 2.45) is 0 Å². The number of halogens is 2. The lowest BCUT2D eigenvalue weighted by molar-refractivity contribution is 0.102. The van der Waals surface area contributed by atoms with E-state index in [2.05, 4.69) is 15.6 Å². The Kier molecular flexibility index (Phi) is 4.95. The van der Waals surface area contributed by atoms with Gasteiger partial charge in [0.2, 0.25) is 0 Å². The lowest BCUT2D eigenvalue weighted by Gasteiger charge is -2.09. The standard InChI is InChI=1S/C19H15ClFN3O/c1-12-2-4-14(5-3-12)24-19(25)13-8-16(11-22-10-13)23-15-6-7-18(21)17(20)9-15/h2-11,23H,1H3,(H,24,25). The quantitative estimate of drug-likeness (QED) is 0.678. The van der Waals surface area contributed by atoms with Gasteiger partial charge in [-0.25, -0.2) is 4.39 Å². The molecule has 1 heterocycles. The SMILES string of the molecule is Cc1ccc(NC(=O)c2cncc(Nc3ccc(F)c(Cl)c3)c2)cc1. The predicted molar refractivity (Wildman–Crippen MR) is 98.1 cm³/mol. The van der Waals surface area contributed by atoms with E-state index in [1.54, 1.807) is 18.3 Å². The molecular weight excluding hydrogens is 341 g/mol. The summed E-state index contributed by atoms with van der Waals surface area (Å²) < 4.78 is 13.2. The number of rotatable bonds is 4. The number of nitrogens with one attached hydrogen (secondary N) is 2. The summed E-state index contributed by atoms with van der Waals surface area (Å²) in [6.45, 7) is 1.98. The first-order valence-electron chi connectivity index (χ1n) is 7.56. The average Bonchev–Trinajstić information content (AvgIpc) is 2.60. The topological polar surface area (TPSA) is 54.0 Å². The van der Waals surface area contributed by atoms with Crippen LogP contribution < -0.4 is 10.6 Å². The van der Waals surface area contributed by atoms with E-state index >= 15 is 0 Å². The number of aromatic nitrogens is 1. The van der Waals surface area contributed by atoms with Crippen LogP contribution in [0.25, 0.3) is 0 Å². The molecule has 0 atom stereocenters. The normalized spacial score (nSPS) is 10.4. The minimum atomic E-state index is -0.489. The summed E-state index contributed by atoms with van der Waals surface area (Å²) in [6, 6.07) is 13.5. The highest BCUT2D eigenvalue weighted by molar-refractivity contribution is 6.31. The van der Waals surface area contributed by atoms with Gasteiger partial charge in [-0.2, -0.15) is 0 Å². The molecule has 6 heteroatoms. The van der Waals surface area contributed by atoms with Crippen LogP contribution in [-0.4, -0.2) is 10.9 Å². The maximum absolute atomic E-state index is 13.2. The number of anilines is 3. The van der Waals surface area contributed by atoms with Crippen molar-refractivity contribution >= 4 is 34.6 Å². The molecule has 2 N–H and O–H groups in total. The lowest BCUT2D eigenvalue weighted by Crippen LogP contribution is -2.12. The smallest absolute Gasteiger partial charge is 0.257 e. The van der Waals surface area contributed by atoms with E-state index in [0.717, 1.165) is 5.56 Å². The van der Waals surface area contributed by atoms with Crippen molar-refractivity contribution in [3.8, 4) is 0 Å². The Balaban J connectivity index is 1.75. The summed E-state index contributed by atoms with van der Waals surface area (Å²) in [6.07, 6.45) is 3.05. The summed E-state index contributed by atoms with van der Waals surface area (Å²) >= 11 is 5.77. The summed E-state index contributed by atoms with van der Waals surface area (Å²) in [7, 11) is 0. The molecule has 25 heavy (non-hydrogen) atoms. The van der Waals surface area contributed by atoms with Gasteiger partial charge in [0.1, 0.15) is 5.82 Å². The molecule has 0 bridgehead atoms. The molecule has 1 amide bonds. The van der Waals surface area contributed by atoms with Gasteiger partial charge in [0.15, 0.2) is 0 Å². The van der Waals surface area contributed by atoms with Crippen molar-refractivity contribution in [1.82, 2.24) is 4.98 Å². The number of benzene rings is 2. The molecule has 3 aromatic rings. The zero-order chi connectivity index (χ0) is 17.8. The molecule has 126 valence electrons. The predicted octanol–water partition coefficient (Wildman–Crippen LogP) is 5.18. The second-order valence-electron chi connectivity index (χ2n) is 5.54. The van der Waals surface area contributed by atoms with E-state index in [1.165, 1.54) is 18.3 Å². The first-order chi connectivity index (χ1) is 12.0. The molecule has 1 aromatic heterocycles. The molecule has 0 unspecified atom stereocenters. The van der Waals surface area contributed by atoms with Crippen LogP contribution in [0.4, 0.5) is 21.5 Å². The number of hydrogen-bond acceptors (Lipinski definition) is 3. The molecule has 0 spiro atoms. The van der Waals surface area contributed by atoms with Crippen molar-refractivity contribution in [2.45, 2.75) is 6.92 Å². The van der Waals surface area contributed by atoms with E-state index in [1.807, 2.05) is 31.2 Å².